The van der Waals surface area contributed by atoms with Crippen molar-refractivity contribution < 1.29 is 9.13 Å². The molecule has 2 aromatic heterocycles. The molecule has 8 nitrogen and oxygen atoms in total. The zero-order valence-electron chi connectivity index (χ0n) is 18.7. The van der Waals surface area contributed by atoms with Gasteiger partial charge in [0.05, 0.1) is 18.2 Å². The molecule has 9 heteroatoms. The lowest BCUT2D eigenvalue weighted by Gasteiger charge is -2.34. The minimum atomic E-state index is -0.351. The number of aromatic nitrogens is 4. The summed E-state index contributed by atoms with van der Waals surface area (Å²) in [6, 6.07) is 14.7. The van der Waals surface area contributed by atoms with Crippen LogP contribution in [-0.4, -0.2) is 57.9 Å². The number of benzene rings is 2. The van der Waals surface area contributed by atoms with Crippen molar-refractivity contribution >= 4 is 22.8 Å². The number of piperazine rings is 1. The minimum Gasteiger partial charge on any atom is -0.497 e. The van der Waals surface area contributed by atoms with Crippen LogP contribution in [0.4, 0.5) is 16.2 Å². The molecule has 4 aromatic rings. The first-order chi connectivity index (χ1) is 16.0. The number of hydrogen-bond acceptors (Lipinski definition) is 7. The summed E-state index contributed by atoms with van der Waals surface area (Å²) in [5.74, 6) is 1.47. The quantitative estimate of drug-likeness (QED) is 0.503. The molecule has 2 aromatic carbocycles. The Kier molecular flexibility index (Phi) is 5.55. The van der Waals surface area contributed by atoms with Gasteiger partial charge in [-0.15, -0.1) is 0 Å². The molecule has 1 aliphatic rings. The first-order valence-electron chi connectivity index (χ1n) is 10.9. The summed E-state index contributed by atoms with van der Waals surface area (Å²) in [5.41, 5.74) is 8.81. The second-order valence-corrected chi connectivity index (χ2v) is 8.17. The summed E-state index contributed by atoms with van der Waals surface area (Å²) < 4.78 is 21.5. The SMILES string of the molecule is COc1ccc(CN2CCN(c3nc(-c4ccccc4F)c4c(N)n(C)nc4n3)CC2)cc1. The van der Waals surface area contributed by atoms with Crippen molar-refractivity contribution in [2.75, 3.05) is 43.9 Å². The van der Waals surface area contributed by atoms with E-state index >= 15 is 0 Å². The van der Waals surface area contributed by atoms with Crippen LogP contribution in [0.3, 0.4) is 0 Å². The van der Waals surface area contributed by atoms with Gasteiger partial charge in [0.1, 0.15) is 17.4 Å². The largest absolute Gasteiger partial charge is 0.497 e. The van der Waals surface area contributed by atoms with Crippen LogP contribution in [-0.2, 0) is 13.6 Å². The molecule has 2 N–H and O–H groups in total. The van der Waals surface area contributed by atoms with Crippen LogP contribution in [0.25, 0.3) is 22.3 Å². The second kappa shape index (κ2) is 8.67. The van der Waals surface area contributed by atoms with E-state index < -0.39 is 0 Å². The molecule has 0 atom stereocenters. The minimum absolute atomic E-state index is 0.351. The molecule has 0 amide bonds. The Labute approximate surface area is 191 Å². The topological polar surface area (TPSA) is 85.3 Å². The maximum atomic E-state index is 14.7. The highest BCUT2D eigenvalue weighted by Gasteiger charge is 2.24. The first kappa shape index (κ1) is 21.1. The highest BCUT2D eigenvalue weighted by Crippen LogP contribution is 2.33. The maximum absolute atomic E-state index is 14.7. The smallest absolute Gasteiger partial charge is 0.228 e. The van der Waals surface area contributed by atoms with E-state index in [-0.39, 0.29) is 5.82 Å². The average molecular weight is 448 g/mol. The summed E-state index contributed by atoms with van der Waals surface area (Å²) in [6.07, 6.45) is 0. The Morgan fingerprint density at radius 2 is 1.73 bits per heavy atom. The molecule has 0 spiro atoms. The van der Waals surface area contributed by atoms with Gasteiger partial charge in [-0.25, -0.2) is 9.37 Å². The first-order valence-corrected chi connectivity index (χ1v) is 10.9. The highest BCUT2D eigenvalue weighted by atomic mass is 19.1. The standard InChI is InChI=1S/C24H26FN7O/c1-30-22(26)20-21(18-5-3-4-6-19(18)25)27-24(28-23(20)29-30)32-13-11-31(12-14-32)15-16-7-9-17(33-2)10-8-16/h3-10H,11-15,26H2,1-2H3. The fourth-order valence-electron chi connectivity index (χ4n) is 4.19. The number of fused-ring (bicyclic) bond motifs is 1. The van der Waals surface area contributed by atoms with Gasteiger partial charge in [0.2, 0.25) is 5.95 Å². The van der Waals surface area contributed by atoms with Crippen LogP contribution in [0.5, 0.6) is 5.75 Å². The van der Waals surface area contributed by atoms with Crippen molar-refractivity contribution in [3.05, 3.63) is 59.9 Å². The van der Waals surface area contributed by atoms with Crippen LogP contribution in [0.1, 0.15) is 5.56 Å². The summed E-state index contributed by atoms with van der Waals surface area (Å²) in [7, 11) is 3.42. The fraction of sp³-hybridized carbons (Fsp3) is 0.292. The molecule has 0 bridgehead atoms. The van der Waals surface area contributed by atoms with Crippen molar-refractivity contribution in [2.24, 2.45) is 7.05 Å². The zero-order valence-corrected chi connectivity index (χ0v) is 18.7. The van der Waals surface area contributed by atoms with Gasteiger partial charge in [-0.05, 0) is 29.8 Å². The van der Waals surface area contributed by atoms with Gasteiger partial charge in [-0.2, -0.15) is 10.1 Å². The summed E-state index contributed by atoms with van der Waals surface area (Å²) in [6.45, 7) is 4.13. The number of hydrogen-bond donors (Lipinski definition) is 1. The Morgan fingerprint density at radius 1 is 1.00 bits per heavy atom. The Morgan fingerprint density at radius 3 is 2.42 bits per heavy atom. The van der Waals surface area contributed by atoms with E-state index in [1.54, 1.807) is 37.0 Å². The van der Waals surface area contributed by atoms with Crippen LogP contribution >= 0.6 is 0 Å². The third kappa shape index (κ3) is 4.07. The summed E-state index contributed by atoms with van der Waals surface area (Å²) in [4.78, 5) is 14.0. The summed E-state index contributed by atoms with van der Waals surface area (Å²) in [5, 5.41) is 5.01. The normalized spacial score (nSPS) is 14.7. The monoisotopic (exact) mass is 447 g/mol. The van der Waals surface area contributed by atoms with Crippen LogP contribution < -0.4 is 15.4 Å². The zero-order chi connectivity index (χ0) is 22.9. The van der Waals surface area contributed by atoms with E-state index in [0.29, 0.717) is 34.1 Å². The number of aryl methyl sites for hydroxylation is 1. The average Bonchev–Trinajstić information content (AvgIpc) is 3.13. The number of nitrogen functional groups attached to an aromatic ring is 1. The predicted octanol–water partition coefficient (Wildman–Crippen LogP) is 3.08. The molecule has 0 saturated carbocycles. The van der Waals surface area contributed by atoms with E-state index in [4.69, 9.17) is 15.5 Å². The van der Waals surface area contributed by atoms with E-state index in [9.17, 15) is 4.39 Å². The van der Waals surface area contributed by atoms with Gasteiger partial charge in [0.25, 0.3) is 0 Å². The summed E-state index contributed by atoms with van der Waals surface area (Å²) >= 11 is 0. The van der Waals surface area contributed by atoms with Crippen LogP contribution in [0, 0.1) is 5.82 Å². The van der Waals surface area contributed by atoms with Crippen LogP contribution in [0.15, 0.2) is 48.5 Å². The van der Waals surface area contributed by atoms with Gasteiger partial charge < -0.3 is 15.4 Å². The molecule has 3 heterocycles. The number of nitrogens with two attached hydrogens (primary N) is 1. The Hall–Kier alpha value is -3.72. The molecular formula is C24H26FN7O. The molecule has 170 valence electrons. The van der Waals surface area contributed by atoms with Gasteiger partial charge in [0.15, 0.2) is 5.65 Å². The van der Waals surface area contributed by atoms with E-state index in [0.717, 1.165) is 38.5 Å². The van der Waals surface area contributed by atoms with Gasteiger partial charge in [0, 0.05) is 45.3 Å². The predicted molar refractivity (Wildman–Crippen MR) is 127 cm³/mol. The fourth-order valence-corrected chi connectivity index (χ4v) is 4.19. The number of halogens is 1. The third-order valence-corrected chi connectivity index (χ3v) is 6.08. The van der Waals surface area contributed by atoms with Gasteiger partial charge in [-0.1, -0.05) is 24.3 Å². The Balaban J connectivity index is 1.40. The molecule has 5 rings (SSSR count). The number of anilines is 2. The number of nitrogens with zero attached hydrogens (tertiary/aromatic N) is 6. The number of ether oxygens (including phenoxy) is 1. The van der Waals surface area contributed by atoms with Crippen molar-refractivity contribution in [1.29, 1.82) is 0 Å². The highest BCUT2D eigenvalue weighted by molar-refractivity contribution is 5.99. The molecule has 0 unspecified atom stereocenters. The third-order valence-electron chi connectivity index (χ3n) is 6.08. The van der Waals surface area contributed by atoms with Crippen molar-refractivity contribution in [2.45, 2.75) is 6.54 Å². The molecular weight excluding hydrogens is 421 g/mol. The molecule has 1 fully saturated rings. The lowest BCUT2D eigenvalue weighted by Crippen LogP contribution is -2.46. The number of methoxy groups -OCH3 is 1. The number of rotatable bonds is 5. The van der Waals surface area contributed by atoms with Crippen molar-refractivity contribution in [1.82, 2.24) is 24.6 Å². The van der Waals surface area contributed by atoms with E-state index in [1.165, 1.54) is 11.6 Å². The lowest BCUT2D eigenvalue weighted by molar-refractivity contribution is 0.248. The van der Waals surface area contributed by atoms with Gasteiger partial charge >= 0.3 is 0 Å². The van der Waals surface area contributed by atoms with E-state index in [1.807, 2.05) is 12.1 Å². The van der Waals surface area contributed by atoms with Gasteiger partial charge in [-0.3, -0.25) is 9.58 Å². The van der Waals surface area contributed by atoms with Crippen LogP contribution in [0.2, 0.25) is 0 Å². The molecule has 1 saturated heterocycles. The maximum Gasteiger partial charge on any atom is 0.228 e. The Bertz CT molecular complexity index is 1280. The molecule has 0 radical (unpaired) electrons. The molecule has 0 aliphatic carbocycles. The van der Waals surface area contributed by atoms with Crippen molar-refractivity contribution in [3.63, 3.8) is 0 Å². The lowest BCUT2D eigenvalue weighted by atomic mass is 10.1. The molecule has 33 heavy (non-hydrogen) atoms. The second-order valence-electron chi connectivity index (χ2n) is 8.17. The molecule has 1 aliphatic heterocycles. The van der Waals surface area contributed by atoms with E-state index in [2.05, 4.69) is 32.0 Å². The van der Waals surface area contributed by atoms with Crippen molar-refractivity contribution in [3.8, 4) is 17.0 Å².